The van der Waals surface area contributed by atoms with Crippen LogP contribution in [-0.2, 0) is 4.79 Å². The Kier molecular flexibility index (Phi) is 14.6. The Balaban J connectivity index is 1.61. The van der Waals surface area contributed by atoms with Crippen LogP contribution in [0.15, 0.2) is 58.2 Å². The van der Waals surface area contributed by atoms with E-state index in [1.54, 1.807) is 11.1 Å². The molecule has 1 nitrogen and oxygen atoms in total. The highest BCUT2D eigenvalue weighted by Crippen LogP contribution is 2.42. The lowest BCUT2D eigenvalue weighted by atomic mass is 9.70. The molecule has 232 valence electrons. The molecule has 2 rings (SSSR count). The van der Waals surface area contributed by atoms with E-state index in [2.05, 4.69) is 92.7 Å². The first-order chi connectivity index (χ1) is 19.2. The smallest absolute Gasteiger partial charge is 0.158 e. The van der Waals surface area contributed by atoms with Crippen molar-refractivity contribution < 1.29 is 4.79 Å². The van der Waals surface area contributed by atoms with Crippen molar-refractivity contribution in [2.45, 2.75) is 159 Å². The second-order valence-electron chi connectivity index (χ2n) is 15.4. The summed E-state index contributed by atoms with van der Waals surface area (Å²) in [5.74, 6) is 2.40. The number of hydrogen-bond acceptors (Lipinski definition) is 1. The van der Waals surface area contributed by atoms with Crippen LogP contribution in [0.1, 0.15) is 159 Å². The second kappa shape index (κ2) is 16.9. The van der Waals surface area contributed by atoms with Crippen LogP contribution >= 0.6 is 0 Å². The fourth-order valence-electron chi connectivity index (χ4n) is 7.12. The minimum Gasteiger partial charge on any atom is -0.295 e. The van der Waals surface area contributed by atoms with Gasteiger partial charge in [0, 0.05) is 6.42 Å². The lowest BCUT2D eigenvalue weighted by Gasteiger charge is -2.34. The van der Waals surface area contributed by atoms with Crippen molar-refractivity contribution in [3.63, 3.8) is 0 Å². The Bertz CT molecular complexity index is 992. The molecule has 0 spiro atoms. The molecule has 1 heteroatoms. The van der Waals surface area contributed by atoms with Crippen LogP contribution in [0.5, 0.6) is 0 Å². The average molecular weight is 563 g/mol. The molecular formula is C40H66O. The Morgan fingerprint density at radius 1 is 0.829 bits per heavy atom. The summed E-state index contributed by atoms with van der Waals surface area (Å²) in [7, 11) is 0. The summed E-state index contributed by atoms with van der Waals surface area (Å²) in [6.45, 7) is 23.3. The first kappa shape index (κ1) is 35.6. The average Bonchev–Trinajstić information content (AvgIpc) is 2.88. The predicted molar refractivity (Wildman–Crippen MR) is 182 cm³/mol. The Morgan fingerprint density at radius 2 is 1.51 bits per heavy atom. The summed E-state index contributed by atoms with van der Waals surface area (Å²) in [5.41, 5.74) is 7.66. The molecule has 0 radical (unpaired) electrons. The molecule has 0 aromatic carbocycles. The Hall–Kier alpha value is -1.63. The zero-order valence-corrected chi connectivity index (χ0v) is 28.9. The van der Waals surface area contributed by atoms with Gasteiger partial charge in [-0.1, -0.05) is 121 Å². The highest BCUT2D eigenvalue weighted by Gasteiger charge is 2.31. The standard InChI is InChI=1S/C40H66O/c1-30(18-13-20-32(3)23-25-36-34(5)22-15-28-39(36,7)8)16-11-12-17-31(2)19-14-21-33(4)24-26-37-35(6)38(41)27-29-40(37,9)10/h14,19,21,23,25,30,32-33H,11-13,15-18,20,22,24,26-29H2,1-10H3/b21-14+,25-23+,31-19+. The molecule has 0 heterocycles. The molecule has 41 heavy (non-hydrogen) atoms. The summed E-state index contributed by atoms with van der Waals surface area (Å²) in [6, 6.07) is 0. The number of hydrogen-bond donors (Lipinski definition) is 0. The maximum atomic E-state index is 12.2. The zero-order chi connectivity index (χ0) is 30.6. The van der Waals surface area contributed by atoms with E-state index in [-0.39, 0.29) is 5.41 Å². The van der Waals surface area contributed by atoms with Crippen molar-refractivity contribution in [3.05, 3.63) is 58.2 Å². The fraction of sp³-hybridized carbons (Fsp3) is 0.725. The van der Waals surface area contributed by atoms with E-state index >= 15 is 0 Å². The molecule has 2 aliphatic rings. The highest BCUT2D eigenvalue weighted by atomic mass is 16.1. The first-order valence-corrected chi connectivity index (χ1v) is 17.2. The largest absolute Gasteiger partial charge is 0.295 e. The molecule has 0 aromatic heterocycles. The van der Waals surface area contributed by atoms with Gasteiger partial charge in [0.25, 0.3) is 0 Å². The van der Waals surface area contributed by atoms with Gasteiger partial charge in [0.05, 0.1) is 0 Å². The number of Topliss-reactive ketones (excluding diaryl/α,β-unsaturated/α-hetero) is 1. The van der Waals surface area contributed by atoms with Gasteiger partial charge >= 0.3 is 0 Å². The van der Waals surface area contributed by atoms with Crippen LogP contribution in [0.3, 0.4) is 0 Å². The van der Waals surface area contributed by atoms with Crippen LogP contribution in [0.4, 0.5) is 0 Å². The third-order valence-corrected chi connectivity index (χ3v) is 10.3. The number of unbranched alkanes of at least 4 members (excludes halogenated alkanes) is 1. The van der Waals surface area contributed by atoms with E-state index in [0.717, 1.165) is 37.2 Å². The monoisotopic (exact) mass is 563 g/mol. The highest BCUT2D eigenvalue weighted by molar-refractivity contribution is 5.96. The van der Waals surface area contributed by atoms with Gasteiger partial charge in [-0.3, -0.25) is 4.79 Å². The van der Waals surface area contributed by atoms with Gasteiger partial charge in [-0.2, -0.15) is 0 Å². The number of allylic oxidation sites excluding steroid dienone is 10. The van der Waals surface area contributed by atoms with E-state index in [1.807, 2.05) is 6.92 Å². The Labute approximate surface area is 256 Å². The number of ketones is 1. The summed E-state index contributed by atoms with van der Waals surface area (Å²) >= 11 is 0. The molecule has 0 aliphatic heterocycles. The van der Waals surface area contributed by atoms with Crippen molar-refractivity contribution in [2.24, 2.45) is 28.6 Å². The summed E-state index contributed by atoms with van der Waals surface area (Å²) < 4.78 is 0. The third-order valence-electron chi connectivity index (χ3n) is 10.3. The molecular weight excluding hydrogens is 496 g/mol. The van der Waals surface area contributed by atoms with Crippen LogP contribution in [0.25, 0.3) is 0 Å². The SMILES string of the molecule is CC1=C(/C=C/C(C)CCCC(C)CCCC/C(C)=C/C=C/C(C)CCC2=C(C)C(=O)CCC2(C)C)C(C)(C)CCC1. The molecule has 0 N–H and O–H groups in total. The molecule has 0 fully saturated rings. The van der Waals surface area contributed by atoms with Gasteiger partial charge in [0.1, 0.15) is 0 Å². The van der Waals surface area contributed by atoms with E-state index < -0.39 is 0 Å². The third kappa shape index (κ3) is 12.2. The maximum absolute atomic E-state index is 12.2. The van der Waals surface area contributed by atoms with E-state index in [4.69, 9.17) is 0 Å². The summed E-state index contributed by atoms with van der Waals surface area (Å²) in [5, 5.41) is 0. The second-order valence-corrected chi connectivity index (χ2v) is 15.4. The predicted octanol–water partition coefficient (Wildman–Crippen LogP) is 12.7. The number of rotatable bonds is 16. The van der Waals surface area contributed by atoms with Gasteiger partial charge in [-0.05, 0) is 118 Å². The zero-order valence-electron chi connectivity index (χ0n) is 28.9. The lowest BCUT2D eigenvalue weighted by molar-refractivity contribution is -0.116. The van der Waals surface area contributed by atoms with E-state index in [0.29, 0.717) is 23.0 Å². The maximum Gasteiger partial charge on any atom is 0.158 e. The number of carbonyl (C=O) groups excluding carboxylic acids is 1. The molecule has 3 atom stereocenters. The fourth-order valence-corrected chi connectivity index (χ4v) is 7.12. The molecule has 3 unspecified atom stereocenters. The minimum absolute atomic E-state index is 0.175. The first-order valence-electron chi connectivity index (χ1n) is 17.2. The quantitative estimate of drug-likeness (QED) is 0.135. The van der Waals surface area contributed by atoms with Crippen LogP contribution in [-0.4, -0.2) is 5.78 Å². The van der Waals surface area contributed by atoms with Gasteiger partial charge in [0.15, 0.2) is 5.78 Å². The van der Waals surface area contributed by atoms with Gasteiger partial charge < -0.3 is 0 Å². The lowest BCUT2D eigenvalue weighted by Crippen LogP contribution is -2.25. The van der Waals surface area contributed by atoms with Crippen molar-refractivity contribution in [2.75, 3.05) is 0 Å². The molecule has 0 saturated heterocycles. The van der Waals surface area contributed by atoms with Crippen molar-refractivity contribution in [1.82, 2.24) is 0 Å². The van der Waals surface area contributed by atoms with E-state index in [9.17, 15) is 4.79 Å². The van der Waals surface area contributed by atoms with Crippen molar-refractivity contribution in [1.29, 1.82) is 0 Å². The topological polar surface area (TPSA) is 17.1 Å². The van der Waals surface area contributed by atoms with Crippen molar-refractivity contribution in [3.8, 4) is 0 Å². The number of carbonyl (C=O) groups is 1. The van der Waals surface area contributed by atoms with Crippen LogP contribution in [0.2, 0.25) is 0 Å². The molecule has 0 bridgehead atoms. The molecule has 0 amide bonds. The van der Waals surface area contributed by atoms with Gasteiger partial charge in [-0.25, -0.2) is 0 Å². The molecule has 0 saturated carbocycles. The Morgan fingerprint density at radius 3 is 2.22 bits per heavy atom. The minimum atomic E-state index is 0.175. The van der Waals surface area contributed by atoms with Gasteiger partial charge in [-0.15, -0.1) is 0 Å². The van der Waals surface area contributed by atoms with Gasteiger partial charge in [0.2, 0.25) is 0 Å². The summed E-state index contributed by atoms with van der Waals surface area (Å²) in [6.07, 6.45) is 29.0. The van der Waals surface area contributed by atoms with Crippen LogP contribution < -0.4 is 0 Å². The normalized spacial score (nSPS) is 22.2. The molecule has 2 aliphatic carbocycles. The molecule has 0 aromatic rings. The van der Waals surface area contributed by atoms with Crippen LogP contribution in [0, 0.1) is 28.6 Å². The van der Waals surface area contributed by atoms with Crippen molar-refractivity contribution >= 4 is 5.78 Å². The van der Waals surface area contributed by atoms with E-state index in [1.165, 1.54) is 75.4 Å². The summed E-state index contributed by atoms with van der Waals surface area (Å²) in [4.78, 5) is 12.2.